The average molecular weight is 505 g/mol. The number of aliphatic imine (C=N–C) groups is 2. The molecular formula is C26H41ClN6O2. The quantitative estimate of drug-likeness (QED) is 0.416. The molecule has 4 N–H and O–H groups in total. The molecule has 5 rings (SSSR count). The highest BCUT2D eigenvalue weighted by atomic mass is 35.5. The van der Waals surface area contributed by atoms with Crippen LogP contribution in [0.2, 0.25) is 0 Å². The van der Waals surface area contributed by atoms with E-state index in [4.69, 9.17) is 11.6 Å². The van der Waals surface area contributed by atoms with Crippen LogP contribution in [-0.4, -0.2) is 67.1 Å². The lowest BCUT2D eigenvalue weighted by Gasteiger charge is -2.36. The van der Waals surface area contributed by atoms with Crippen molar-refractivity contribution in [1.29, 1.82) is 0 Å². The molecule has 0 saturated heterocycles. The Kier molecular flexibility index (Phi) is 8.15. The van der Waals surface area contributed by atoms with Crippen molar-refractivity contribution in [3.05, 3.63) is 0 Å². The van der Waals surface area contributed by atoms with Crippen LogP contribution in [0, 0.1) is 23.7 Å². The van der Waals surface area contributed by atoms with Gasteiger partial charge in [0.2, 0.25) is 11.8 Å². The van der Waals surface area contributed by atoms with Gasteiger partial charge in [0, 0.05) is 37.0 Å². The van der Waals surface area contributed by atoms with E-state index in [1.54, 1.807) is 0 Å². The van der Waals surface area contributed by atoms with Gasteiger partial charge in [-0.3, -0.25) is 19.6 Å². The van der Waals surface area contributed by atoms with Crippen LogP contribution in [0.15, 0.2) is 9.98 Å². The molecule has 0 bridgehead atoms. The third-order valence-corrected chi connectivity index (χ3v) is 9.40. The van der Waals surface area contributed by atoms with Crippen LogP contribution in [0.5, 0.6) is 0 Å². The van der Waals surface area contributed by atoms with Crippen molar-refractivity contribution in [3.8, 4) is 0 Å². The number of nitrogens with zero attached hydrogens (tertiary/aromatic N) is 2. The second kappa shape index (κ2) is 11.5. The number of carbonyl (C=O) groups is 2. The molecule has 8 nitrogen and oxygen atoms in total. The summed E-state index contributed by atoms with van der Waals surface area (Å²) in [6.07, 6.45) is 10.5. The van der Waals surface area contributed by atoms with E-state index in [2.05, 4.69) is 31.3 Å². The molecule has 2 aliphatic heterocycles. The molecule has 2 heterocycles. The maximum absolute atomic E-state index is 13.2. The first-order chi connectivity index (χ1) is 17.1. The Hall–Kier alpha value is -1.83. The monoisotopic (exact) mass is 504 g/mol. The van der Waals surface area contributed by atoms with Gasteiger partial charge in [-0.25, -0.2) is 0 Å². The summed E-state index contributed by atoms with van der Waals surface area (Å²) in [5.74, 6) is 2.82. The predicted octanol–water partition coefficient (Wildman–Crippen LogP) is 2.36. The second-order valence-electron chi connectivity index (χ2n) is 11.1. The number of hydrogen-bond acceptors (Lipinski definition) is 6. The second-order valence-corrected chi connectivity index (χ2v) is 11.6. The summed E-state index contributed by atoms with van der Waals surface area (Å²) < 4.78 is 0. The summed E-state index contributed by atoms with van der Waals surface area (Å²) in [5.41, 5.74) is 0. The van der Waals surface area contributed by atoms with Crippen molar-refractivity contribution in [2.24, 2.45) is 33.7 Å². The van der Waals surface area contributed by atoms with E-state index >= 15 is 0 Å². The number of nitrogens with one attached hydrogen (secondary N) is 4. The molecule has 5 aliphatic rings. The van der Waals surface area contributed by atoms with Crippen LogP contribution >= 0.6 is 11.6 Å². The van der Waals surface area contributed by atoms with Crippen molar-refractivity contribution >= 4 is 35.1 Å². The van der Waals surface area contributed by atoms with Crippen molar-refractivity contribution in [2.75, 3.05) is 26.2 Å². The molecule has 0 spiro atoms. The number of amides is 2. The fourth-order valence-electron chi connectivity index (χ4n) is 6.73. The lowest BCUT2D eigenvalue weighted by atomic mass is 9.78. The fraction of sp³-hybridized carbons (Fsp3) is 0.846. The molecule has 35 heavy (non-hydrogen) atoms. The predicted molar refractivity (Wildman–Crippen MR) is 139 cm³/mol. The molecule has 3 saturated carbocycles. The van der Waals surface area contributed by atoms with Gasteiger partial charge in [0.15, 0.2) is 0 Å². The Labute approximate surface area is 213 Å². The summed E-state index contributed by atoms with van der Waals surface area (Å²) in [4.78, 5) is 35.5. The zero-order valence-corrected chi connectivity index (χ0v) is 21.5. The van der Waals surface area contributed by atoms with Crippen LogP contribution in [0.3, 0.4) is 0 Å². The Bertz CT molecular complexity index is 766. The van der Waals surface area contributed by atoms with Crippen molar-refractivity contribution in [1.82, 2.24) is 21.3 Å². The molecule has 2 amide bonds. The van der Waals surface area contributed by atoms with Gasteiger partial charge in [-0.15, -0.1) is 11.6 Å². The third-order valence-electron chi connectivity index (χ3n) is 8.79. The number of alkyl halides is 1. The Morgan fingerprint density at radius 2 is 1.11 bits per heavy atom. The maximum atomic E-state index is 13.2. The first kappa shape index (κ1) is 24.8. The van der Waals surface area contributed by atoms with Crippen molar-refractivity contribution in [2.45, 2.75) is 88.1 Å². The van der Waals surface area contributed by atoms with Crippen molar-refractivity contribution < 1.29 is 9.59 Å². The highest BCUT2D eigenvalue weighted by Crippen LogP contribution is 2.35. The summed E-state index contributed by atoms with van der Waals surface area (Å²) in [5, 5.41) is 12.9. The lowest BCUT2D eigenvalue weighted by molar-refractivity contribution is -0.130. The Morgan fingerprint density at radius 3 is 1.49 bits per heavy atom. The van der Waals surface area contributed by atoms with Crippen LogP contribution in [0.25, 0.3) is 0 Å². The van der Waals surface area contributed by atoms with Gasteiger partial charge in [0.05, 0.1) is 42.0 Å². The molecule has 3 aliphatic carbocycles. The molecule has 0 radical (unpaired) electrons. The minimum Gasteiger partial charge on any atom is -0.372 e. The van der Waals surface area contributed by atoms with E-state index in [0.29, 0.717) is 11.8 Å². The van der Waals surface area contributed by atoms with Gasteiger partial charge in [-0.2, -0.15) is 0 Å². The first-order valence-electron chi connectivity index (χ1n) is 13.9. The molecule has 2 atom stereocenters. The van der Waals surface area contributed by atoms with E-state index in [0.717, 1.165) is 108 Å². The van der Waals surface area contributed by atoms with Gasteiger partial charge in [-0.1, -0.05) is 6.42 Å². The van der Waals surface area contributed by atoms with Crippen LogP contribution < -0.4 is 21.3 Å². The van der Waals surface area contributed by atoms with E-state index in [1.807, 2.05) is 0 Å². The molecular weight excluding hydrogens is 464 g/mol. The molecule has 0 aromatic heterocycles. The minimum atomic E-state index is -0.439. The summed E-state index contributed by atoms with van der Waals surface area (Å²) in [7, 11) is 0. The maximum Gasteiger partial charge on any atom is 0.224 e. The van der Waals surface area contributed by atoms with E-state index in [1.165, 1.54) is 0 Å². The Morgan fingerprint density at radius 1 is 0.686 bits per heavy atom. The normalized spacial score (nSPS) is 37.5. The summed E-state index contributed by atoms with van der Waals surface area (Å²) in [6.45, 7) is 3.67. The fourth-order valence-corrected chi connectivity index (χ4v) is 7.21. The molecule has 0 aromatic carbocycles. The smallest absolute Gasteiger partial charge is 0.224 e. The zero-order chi connectivity index (χ0) is 24.2. The molecule has 2 unspecified atom stereocenters. The molecule has 9 heteroatoms. The summed E-state index contributed by atoms with van der Waals surface area (Å²) >= 11 is 6.82. The highest BCUT2D eigenvalue weighted by Gasteiger charge is 2.41. The molecule has 194 valence electrons. The number of amidine groups is 2. The third kappa shape index (κ3) is 5.95. The molecule has 3 fully saturated rings. The van der Waals surface area contributed by atoms with Gasteiger partial charge < -0.3 is 21.3 Å². The van der Waals surface area contributed by atoms with Gasteiger partial charge >= 0.3 is 0 Å². The lowest BCUT2D eigenvalue weighted by Crippen LogP contribution is -2.50. The number of halogens is 1. The molecule has 0 aromatic rings. The summed E-state index contributed by atoms with van der Waals surface area (Å²) in [6, 6.07) is 0.404. The van der Waals surface area contributed by atoms with Gasteiger partial charge in [0.1, 0.15) is 0 Å². The zero-order valence-electron chi connectivity index (χ0n) is 20.7. The number of hydrogen-bond donors (Lipinski definition) is 4. The average Bonchev–Trinajstić information content (AvgIpc) is 3.60. The largest absolute Gasteiger partial charge is 0.372 e. The number of carbonyl (C=O) groups excluding carboxylic acids is 2. The first-order valence-corrected chi connectivity index (χ1v) is 14.3. The van der Waals surface area contributed by atoms with Gasteiger partial charge in [-0.05, 0) is 64.2 Å². The van der Waals surface area contributed by atoms with Crippen LogP contribution in [0.1, 0.15) is 70.6 Å². The topological polar surface area (TPSA) is 107 Å². The van der Waals surface area contributed by atoms with E-state index in [-0.39, 0.29) is 35.7 Å². The Balaban J connectivity index is 1.07. The van der Waals surface area contributed by atoms with Crippen LogP contribution in [-0.2, 0) is 9.59 Å². The SMILES string of the molecule is O=C(NC1CCC(C2=NCCN2)CC1)C1CCCC(C(=O)NC2CCC(C3=NCCN3)CC2)C1Cl. The minimum absolute atomic E-state index is 0.0348. The number of rotatable bonds is 6. The highest BCUT2D eigenvalue weighted by molar-refractivity contribution is 6.23. The van der Waals surface area contributed by atoms with Gasteiger partial charge in [0.25, 0.3) is 0 Å². The van der Waals surface area contributed by atoms with E-state index in [9.17, 15) is 9.59 Å². The standard InChI is InChI=1S/C26H41ClN6O2/c27-22-20(25(34)32-18-8-4-16(5-9-18)23-28-12-13-29-23)2-1-3-21(22)26(35)33-19-10-6-17(7-11-19)24-30-14-15-31-24/h16-22H,1-15H2,(H,28,29)(H,30,31)(H,32,34)(H,33,35). The van der Waals surface area contributed by atoms with Crippen molar-refractivity contribution in [3.63, 3.8) is 0 Å². The van der Waals surface area contributed by atoms with Crippen LogP contribution in [0.4, 0.5) is 0 Å². The van der Waals surface area contributed by atoms with E-state index < -0.39 is 5.38 Å².